The van der Waals surface area contributed by atoms with Crippen LogP contribution in [0.4, 0.5) is 10.5 Å². The first-order valence-corrected chi connectivity index (χ1v) is 7.62. The van der Waals surface area contributed by atoms with Crippen molar-refractivity contribution in [2.45, 2.75) is 13.5 Å². The zero-order valence-electron chi connectivity index (χ0n) is 12.9. The van der Waals surface area contributed by atoms with Crippen molar-refractivity contribution in [1.82, 2.24) is 25.1 Å². The van der Waals surface area contributed by atoms with Crippen molar-refractivity contribution in [2.24, 2.45) is 0 Å². The summed E-state index contributed by atoms with van der Waals surface area (Å²) in [6.45, 7) is 2.30. The number of nitrogens with one attached hydrogen (secondary N) is 2. The number of hydrogen-bond donors (Lipinski definition) is 2. The van der Waals surface area contributed by atoms with E-state index < -0.39 is 0 Å². The van der Waals surface area contributed by atoms with Gasteiger partial charge in [-0.25, -0.2) is 14.5 Å². The first kappa shape index (κ1) is 15.9. The van der Waals surface area contributed by atoms with Crippen LogP contribution in [0.2, 0.25) is 5.28 Å². The van der Waals surface area contributed by atoms with E-state index in [1.807, 2.05) is 37.3 Å². The van der Waals surface area contributed by atoms with Gasteiger partial charge in [-0.3, -0.25) is 0 Å². The van der Waals surface area contributed by atoms with Crippen LogP contribution < -0.4 is 10.6 Å². The lowest BCUT2D eigenvalue weighted by Gasteiger charge is -2.06. The van der Waals surface area contributed by atoms with Crippen molar-refractivity contribution >= 4 is 23.3 Å². The number of anilines is 1. The van der Waals surface area contributed by atoms with Crippen molar-refractivity contribution in [3.8, 4) is 5.82 Å². The molecule has 0 fully saturated rings. The van der Waals surface area contributed by atoms with E-state index >= 15 is 0 Å². The third kappa shape index (κ3) is 3.88. The van der Waals surface area contributed by atoms with Crippen LogP contribution in [0.25, 0.3) is 5.82 Å². The second-order valence-electron chi connectivity index (χ2n) is 5.11. The molecule has 0 saturated heterocycles. The summed E-state index contributed by atoms with van der Waals surface area (Å²) in [6.07, 6.45) is 4.82. The van der Waals surface area contributed by atoms with Crippen molar-refractivity contribution in [2.75, 3.05) is 5.32 Å². The van der Waals surface area contributed by atoms with E-state index in [1.165, 1.54) is 10.9 Å². The minimum Gasteiger partial charge on any atom is -0.334 e. The maximum atomic E-state index is 11.9. The number of urea groups is 1. The Bertz CT molecular complexity index is 849. The van der Waals surface area contributed by atoms with Gasteiger partial charge in [0.1, 0.15) is 0 Å². The molecule has 0 spiro atoms. The summed E-state index contributed by atoms with van der Waals surface area (Å²) in [7, 11) is 0. The molecule has 3 aromatic rings. The van der Waals surface area contributed by atoms with Gasteiger partial charge in [-0.05, 0) is 24.1 Å². The minimum absolute atomic E-state index is 0.140. The molecule has 2 aromatic heterocycles. The first-order chi connectivity index (χ1) is 11.6. The lowest BCUT2D eigenvalue weighted by Crippen LogP contribution is -2.27. The molecule has 0 aliphatic carbocycles. The fourth-order valence-electron chi connectivity index (χ4n) is 2.10. The predicted octanol–water partition coefficient (Wildman–Crippen LogP) is 2.95. The van der Waals surface area contributed by atoms with E-state index in [2.05, 4.69) is 25.7 Å². The molecule has 1 aromatic carbocycles. The Morgan fingerprint density at radius 1 is 1.25 bits per heavy atom. The Hall–Kier alpha value is -2.93. The second kappa shape index (κ2) is 7.10. The van der Waals surface area contributed by atoms with Crippen LogP contribution in [-0.2, 0) is 6.54 Å². The molecule has 7 nitrogen and oxygen atoms in total. The smallest absolute Gasteiger partial charge is 0.319 e. The molecule has 0 saturated carbocycles. The standard InChI is InChI=1S/C16H15ClN6O/c1-11-7-18-15(17)22-14(11)23-10-13(9-20-23)21-16(24)19-8-12-5-3-2-4-6-12/h2-7,9-10H,8H2,1H3,(H2,19,21,24). The zero-order chi connectivity index (χ0) is 16.9. The number of amides is 2. The molecule has 122 valence electrons. The van der Waals surface area contributed by atoms with Gasteiger partial charge in [-0.2, -0.15) is 10.1 Å². The summed E-state index contributed by atoms with van der Waals surface area (Å²) in [5, 5.41) is 9.83. The highest BCUT2D eigenvalue weighted by Crippen LogP contribution is 2.14. The Balaban J connectivity index is 1.63. The molecule has 24 heavy (non-hydrogen) atoms. The predicted molar refractivity (Wildman–Crippen MR) is 91.2 cm³/mol. The van der Waals surface area contributed by atoms with E-state index in [4.69, 9.17) is 11.6 Å². The Morgan fingerprint density at radius 2 is 2.04 bits per heavy atom. The summed E-state index contributed by atoms with van der Waals surface area (Å²) >= 11 is 5.81. The average Bonchev–Trinajstić information content (AvgIpc) is 3.04. The fourth-order valence-corrected chi connectivity index (χ4v) is 2.23. The molecule has 2 N–H and O–H groups in total. The molecule has 2 amide bonds. The number of carbonyl (C=O) groups excluding carboxylic acids is 1. The van der Waals surface area contributed by atoms with Crippen LogP contribution >= 0.6 is 11.6 Å². The number of benzene rings is 1. The number of aromatic nitrogens is 4. The first-order valence-electron chi connectivity index (χ1n) is 7.25. The van der Waals surface area contributed by atoms with Crippen LogP contribution in [0, 0.1) is 6.92 Å². The molecule has 0 unspecified atom stereocenters. The van der Waals surface area contributed by atoms with Gasteiger partial charge in [0.05, 0.1) is 18.1 Å². The summed E-state index contributed by atoms with van der Waals surface area (Å²) in [5.74, 6) is 0.563. The van der Waals surface area contributed by atoms with Crippen LogP contribution in [0.1, 0.15) is 11.1 Å². The average molecular weight is 343 g/mol. The van der Waals surface area contributed by atoms with E-state index in [-0.39, 0.29) is 11.3 Å². The molecule has 0 aliphatic heterocycles. The quantitative estimate of drug-likeness (QED) is 0.714. The summed E-state index contributed by atoms with van der Waals surface area (Å²) < 4.78 is 1.54. The molecule has 0 aliphatic rings. The highest BCUT2D eigenvalue weighted by Gasteiger charge is 2.09. The Kier molecular flexibility index (Phi) is 4.72. The number of aryl methyl sites for hydroxylation is 1. The van der Waals surface area contributed by atoms with Gasteiger partial charge in [0, 0.05) is 18.3 Å². The number of nitrogens with zero attached hydrogens (tertiary/aromatic N) is 4. The summed E-state index contributed by atoms with van der Waals surface area (Å²) in [6, 6.07) is 9.36. The highest BCUT2D eigenvalue weighted by molar-refractivity contribution is 6.28. The SMILES string of the molecule is Cc1cnc(Cl)nc1-n1cc(NC(=O)NCc2ccccc2)cn1. The van der Waals surface area contributed by atoms with Crippen LogP contribution in [0.3, 0.4) is 0 Å². The van der Waals surface area contributed by atoms with Crippen molar-refractivity contribution in [3.05, 3.63) is 65.3 Å². The van der Waals surface area contributed by atoms with Gasteiger partial charge < -0.3 is 10.6 Å². The van der Waals surface area contributed by atoms with Gasteiger partial charge in [0.15, 0.2) is 5.82 Å². The van der Waals surface area contributed by atoms with Gasteiger partial charge in [0.2, 0.25) is 5.28 Å². The fraction of sp³-hybridized carbons (Fsp3) is 0.125. The Labute approximate surface area is 143 Å². The molecule has 0 bridgehead atoms. The second-order valence-corrected chi connectivity index (χ2v) is 5.45. The molecular formula is C16H15ClN6O. The van der Waals surface area contributed by atoms with Crippen LogP contribution in [0.15, 0.2) is 48.9 Å². The molecule has 8 heteroatoms. The van der Waals surface area contributed by atoms with Crippen LogP contribution in [0.5, 0.6) is 0 Å². The number of hydrogen-bond acceptors (Lipinski definition) is 4. The monoisotopic (exact) mass is 342 g/mol. The topological polar surface area (TPSA) is 84.7 Å². The number of halogens is 1. The maximum Gasteiger partial charge on any atom is 0.319 e. The maximum absolute atomic E-state index is 11.9. The number of carbonyl (C=O) groups is 1. The minimum atomic E-state index is -0.309. The molecule has 0 atom stereocenters. The van der Waals surface area contributed by atoms with E-state index in [1.54, 1.807) is 12.4 Å². The van der Waals surface area contributed by atoms with Gasteiger partial charge >= 0.3 is 6.03 Å². The van der Waals surface area contributed by atoms with Crippen molar-refractivity contribution in [3.63, 3.8) is 0 Å². The zero-order valence-corrected chi connectivity index (χ0v) is 13.7. The highest BCUT2D eigenvalue weighted by atomic mass is 35.5. The van der Waals surface area contributed by atoms with E-state index in [0.717, 1.165) is 11.1 Å². The molecule has 2 heterocycles. The lowest BCUT2D eigenvalue weighted by atomic mass is 10.2. The number of rotatable bonds is 4. The normalized spacial score (nSPS) is 10.4. The molecular weight excluding hydrogens is 328 g/mol. The van der Waals surface area contributed by atoms with E-state index in [0.29, 0.717) is 18.1 Å². The summed E-state index contributed by atoms with van der Waals surface area (Å²) in [4.78, 5) is 20.0. The third-order valence-electron chi connectivity index (χ3n) is 3.27. The molecule has 0 radical (unpaired) electrons. The van der Waals surface area contributed by atoms with Crippen LogP contribution in [-0.4, -0.2) is 25.8 Å². The van der Waals surface area contributed by atoms with Crippen molar-refractivity contribution < 1.29 is 4.79 Å². The molecule has 3 rings (SSSR count). The lowest BCUT2D eigenvalue weighted by molar-refractivity contribution is 0.251. The van der Waals surface area contributed by atoms with Gasteiger partial charge in [-0.1, -0.05) is 30.3 Å². The van der Waals surface area contributed by atoms with E-state index in [9.17, 15) is 4.79 Å². The summed E-state index contributed by atoms with van der Waals surface area (Å²) in [5.41, 5.74) is 2.40. The third-order valence-corrected chi connectivity index (χ3v) is 3.45. The van der Waals surface area contributed by atoms with Gasteiger partial charge in [-0.15, -0.1) is 0 Å². The largest absolute Gasteiger partial charge is 0.334 e. The Morgan fingerprint density at radius 3 is 2.83 bits per heavy atom. The van der Waals surface area contributed by atoms with Crippen molar-refractivity contribution in [1.29, 1.82) is 0 Å². The van der Waals surface area contributed by atoms with Gasteiger partial charge in [0.25, 0.3) is 0 Å².